The standard InChI is InChI=1S/C14H18N2O5/c1-20-14(17)10-5-6-13(16(18)19)12(8-10)15-9-11-4-2-3-7-21-11/h5-6,8,11,15H,2-4,7,9H2,1H3. The van der Waals surface area contributed by atoms with E-state index >= 15 is 0 Å². The summed E-state index contributed by atoms with van der Waals surface area (Å²) in [5.41, 5.74) is 0.505. The summed E-state index contributed by atoms with van der Waals surface area (Å²) >= 11 is 0. The molecule has 1 heterocycles. The van der Waals surface area contributed by atoms with Crippen molar-refractivity contribution >= 4 is 17.3 Å². The molecule has 2 rings (SSSR count). The predicted octanol–water partition coefficient (Wildman–Crippen LogP) is 2.36. The molecule has 1 aliphatic heterocycles. The van der Waals surface area contributed by atoms with E-state index in [4.69, 9.17) is 4.74 Å². The summed E-state index contributed by atoms with van der Waals surface area (Å²) in [5.74, 6) is -0.526. The van der Waals surface area contributed by atoms with E-state index < -0.39 is 10.9 Å². The maximum absolute atomic E-state index is 11.5. The SMILES string of the molecule is COC(=O)c1ccc([N+](=O)[O-])c(NCC2CCCCO2)c1. The Bertz CT molecular complexity index is 526. The van der Waals surface area contributed by atoms with Gasteiger partial charge in [0.1, 0.15) is 5.69 Å². The first-order valence-corrected chi connectivity index (χ1v) is 6.84. The number of nitro groups is 1. The van der Waals surface area contributed by atoms with E-state index in [9.17, 15) is 14.9 Å². The van der Waals surface area contributed by atoms with Crippen molar-refractivity contribution in [1.29, 1.82) is 0 Å². The van der Waals surface area contributed by atoms with Gasteiger partial charge in [-0.3, -0.25) is 10.1 Å². The van der Waals surface area contributed by atoms with Crippen LogP contribution in [-0.2, 0) is 9.47 Å². The van der Waals surface area contributed by atoms with Gasteiger partial charge in [0.25, 0.3) is 5.69 Å². The highest BCUT2D eigenvalue weighted by Crippen LogP contribution is 2.26. The number of nitrogens with one attached hydrogen (secondary N) is 1. The molecule has 0 aromatic heterocycles. The van der Waals surface area contributed by atoms with E-state index in [-0.39, 0.29) is 17.4 Å². The Hall–Kier alpha value is -2.15. The maximum atomic E-state index is 11.5. The van der Waals surface area contributed by atoms with Crippen molar-refractivity contribution in [3.63, 3.8) is 0 Å². The summed E-state index contributed by atoms with van der Waals surface area (Å²) in [6.07, 6.45) is 3.11. The maximum Gasteiger partial charge on any atom is 0.337 e. The van der Waals surface area contributed by atoms with E-state index in [2.05, 4.69) is 10.1 Å². The zero-order valence-corrected chi connectivity index (χ0v) is 11.8. The van der Waals surface area contributed by atoms with Crippen LogP contribution in [-0.4, -0.2) is 37.3 Å². The lowest BCUT2D eigenvalue weighted by Crippen LogP contribution is -2.27. The number of carbonyl (C=O) groups is 1. The van der Waals surface area contributed by atoms with Crippen LogP contribution in [0, 0.1) is 10.1 Å². The normalized spacial score (nSPS) is 18.0. The topological polar surface area (TPSA) is 90.7 Å². The second-order valence-corrected chi connectivity index (χ2v) is 4.85. The molecule has 7 heteroatoms. The number of anilines is 1. The van der Waals surface area contributed by atoms with Gasteiger partial charge in [-0.1, -0.05) is 0 Å². The number of esters is 1. The second kappa shape index (κ2) is 7.03. The van der Waals surface area contributed by atoms with E-state index in [1.807, 2.05) is 0 Å². The van der Waals surface area contributed by atoms with Gasteiger partial charge in [0, 0.05) is 19.2 Å². The zero-order chi connectivity index (χ0) is 15.2. The van der Waals surface area contributed by atoms with Gasteiger partial charge >= 0.3 is 5.97 Å². The molecule has 0 amide bonds. The number of hydrogen-bond donors (Lipinski definition) is 1. The molecule has 1 unspecified atom stereocenters. The van der Waals surface area contributed by atoms with Crippen molar-refractivity contribution in [2.24, 2.45) is 0 Å². The molecule has 1 saturated heterocycles. The first-order chi connectivity index (χ1) is 10.1. The summed E-state index contributed by atoms with van der Waals surface area (Å²) in [6.45, 7) is 1.20. The van der Waals surface area contributed by atoms with Gasteiger partial charge in [0.15, 0.2) is 0 Å². The summed E-state index contributed by atoms with van der Waals surface area (Å²) in [7, 11) is 1.27. The summed E-state index contributed by atoms with van der Waals surface area (Å²) in [4.78, 5) is 22.1. The first kappa shape index (κ1) is 15.2. The molecule has 1 atom stereocenters. The molecule has 1 N–H and O–H groups in total. The van der Waals surface area contributed by atoms with Crippen LogP contribution in [0.4, 0.5) is 11.4 Å². The minimum atomic E-state index is -0.526. The van der Waals surface area contributed by atoms with Crippen LogP contribution < -0.4 is 5.32 Å². The van der Waals surface area contributed by atoms with Crippen LogP contribution in [0.3, 0.4) is 0 Å². The van der Waals surface area contributed by atoms with Crippen molar-refractivity contribution in [1.82, 2.24) is 0 Å². The van der Waals surface area contributed by atoms with E-state index in [1.165, 1.54) is 25.3 Å². The number of carbonyl (C=O) groups excluding carboxylic acids is 1. The van der Waals surface area contributed by atoms with Gasteiger partial charge in [-0.15, -0.1) is 0 Å². The van der Waals surface area contributed by atoms with Gasteiger partial charge in [0.05, 0.1) is 23.7 Å². The highest BCUT2D eigenvalue weighted by atomic mass is 16.6. The minimum Gasteiger partial charge on any atom is -0.465 e. The molecule has 21 heavy (non-hydrogen) atoms. The first-order valence-electron chi connectivity index (χ1n) is 6.84. The Balaban J connectivity index is 2.13. The number of nitrogens with zero attached hydrogens (tertiary/aromatic N) is 1. The molecular formula is C14H18N2O5. The second-order valence-electron chi connectivity index (χ2n) is 4.85. The van der Waals surface area contributed by atoms with Crippen molar-refractivity contribution in [3.8, 4) is 0 Å². The summed E-state index contributed by atoms with van der Waals surface area (Å²) in [5, 5.41) is 14.1. The quantitative estimate of drug-likeness (QED) is 0.509. The Morgan fingerprint density at radius 3 is 2.95 bits per heavy atom. The zero-order valence-electron chi connectivity index (χ0n) is 11.8. The van der Waals surface area contributed by atoms with Gasteiger partial charge in [-0.2, -0.15) is 0 Å². The fourth-order valence-electron chi connectivity index (χ4n) is 2.27. The van der Waals surface area contributed by atoms with E-state index in [0.717, 1.165) is 25.9 Å². The Kier molecular flexibility index (Phi) is 5.10. The minimum absolute atomic E-state index is 0.0418. The Morgan fingerprint density at radius 2 is 2.33 bits per heavy atom. The third-order valence-electron chi connectivity index (χ3n) is 3.41. The molecular weight excluding hydrogens is 276 g/mol. The molecule has 0 spiro atoms. The number of benzene rings is 1. The highest BCUT2D eigenvalue weighted by Gasteiger charge is 2.19. The van der Waals surface area contributed by atoms with Gasteiger partial charge in [-0.05, 0) is 31.4 Å². The lowest BCUT2D eigenvalue weighted by Gasteiger charge is -2.23. The Morgan fingerprint density at radius 1 is 1.52 bits per heavy atom. The highest BCUT2D eigenvalue weighted by molar-refractivity contribution is 5.91. The van der Waals surface area contributed by atoms with Crippen LogP contribution in [0.1, 0.15) is 29.6 Å². The third kappa shape index (κ3) is 3.91. The molecule has 1 fully saturated rings. The molecule has 0 saturated carbocycles. The molecule has 0 bridgehead atoms. The number of hydrogen-bond acceptors (Lipinski definition) is 6. The van der Waals surface area contributed by atoms with Crippen molar-refractivity contribution in [3.05, 3.63) is 33.9 Å². The number of rotatable bonds is 5. The molecule has 114 valence electrons. The van der Waals surface area contributed by atoms with Crippen LogP contribution in [0.15, 0.2) is 18.2 Å². The average molecular weight is 294 g/mol. The van der Waals surface area contributed by atoms with Crippen LogP contribution in [0.25, 0.3) is 0 Å². The predicted molar refractivity (Wildman–Crippen MR) is 76.5 cm³/mol. The largest absolute Gasteiger partial charge is 0.465 e. The number of ether oxygens (including phenoxy) is 2. The van der Waals surface area contributed by atoms with Gasteiger partial charge in [-0.25, -0.2) is 4.79 Å². The monoisotopic (exact) mass is 294 g/mol. The van der Waals surface area contributed by atoms with Crippen LogP contribution in [0.5, 0.6) is 0 Å². The molecule has 0 aliphatic carbocycles. The fourth-order valence-corrected chi connectivity index (χ4v) is 2.27. The Labute approximate surface area is 122 Å². The third-order valence-corrected chi connectivity index (χ3v) is 3.41. The molecule has 0 radical (unpaired) electrons. The lowest BCUT2D eigenvalue weighted by molar-refractivity contribution is -0.384. The van der Waals surface area contributed by atoms with Gasteiger partial charge < -0.3 is 14.8 Å². The molecule has 1 aromatic rings. The molecule has 7 nitrogen and oxygen atoms in total. The number of nitro benzene ring substituents is 1. The van der Waals surface area contributed by atoms with Crippen LogP contribution >= 0.6 is 0 Å². The summed E-state index contributed by atoms with van der Waals surface area (Å²) in [6, 6.07) is 4.12. The fraction of sp³-hybridized carbons (Fsp3) is 0.500. The summed E-state index contributed by atoms with van der Waals surface area (Å²) < 4.78 is 10.2. The van der Waals surface area contributed by atoms with Crippen molar-refractivity contribution in [2.45, 2.75) is 25.4 Å². The van der Waals surface area contributed by atoms with E-state index in [1.54, 1.807) is 0 Å². The molecule has 1 aromatic carbocycles. The average Bonchev–Trinajstić information content (AvgIpc) is 2.52. The molecule has 1 aliphatic rings. The van der Waals surface area contributed by atoms with Crippen molar-refractivity contribution in [2.75, 3.05) is 25.6 Å². The lowest BCUT2D eigenvalue weighted by atomic mass is 10.1. The van der Waals surface area contributed by atoms with E-state index in [0.29, 0.717) is 12.2 Å². The number of methoxy groups -OCH3 is 1. The smallest absolute Gasteiger partial charge is 0.337 e. The van der Waals surface area contributed by atoms with Gasteiger partial charge in [0.2, 0.25) is 0 Å². The van der Waals surface area contributed by atoms with Crippen molar-refractivity contribution < 1.29 is 19.2 Å². The van der Waals surface area contributed by atoms with Crippen LogP contribution in [0.2, 0.25) is 0 Å².